The summed E-state index contributed by atoms with van der Waals surface area (Å²) in [5.74, 6) is -0.970. The van der Waals surface area contributed by atoms with Crippen molar-refractivity contribution in [2.45, 2.75) is 32.5 Å². The van der Waals surface area contributed by atoms with E-state index in [9.17, 15) is 9.59 Å². The van der Waals surface area contributed by atoms with Crippen LogP contribution in [0.15, 0.2) is 65.5 Å². The summed E-state index contributed by atoms with van der Waals surface area (Å²) in [5, 5.41) is 9.57. The summed E-state index contributed by atoms with van der Waals surface area (Å²) < 4.78 is 1.62. The summed E-state index contributed by atoms with van der Waals surface area (Å²) in [4.78, 5) is 26.0. The van der Waals surface area contributed by atoms with Gasteiger partial charge in [-0.2, -0.15) is 0 Å². The van der Waals surface area contributed by atoms with Crippen LogP contribution >= 0.6 is 23.2 Å². The van der Waals surface area contributed by atoms with Crippen LogP contribution in [0.1, 0.15) is 40.1 Å². The molecule has 0 unspecified atom stereocenters. The average Bonchev–Trinajstić information content (AvgIpc) is 2.77. The Hall–Kier alpha value is -2.60. The van der Waals surface area contributed by atoms with Gasteiger partial charge in [0, 0.05) is 19.1 Å². The first-order chi connectivity index (χ1) is 14.8. The predicted molar refractivity (Wildman–Crippen MR) is 124 cm³/mol. The van der Waals surface area contributed by atoms with Crippen LogP contribution < -0.4 is 5.56 Å². The highest BCUT2D eigenvalue weighted by Crippen LogP contribution is 2.25. The maximum absolute atomic E-state index is 12.8. The molecule has 31 heavy (non-hydrogen) atoms. The van der Waals surface area contributed by atoms with Gasteiger partial charge in [0.05, 0.1) is 16.3 Å². The number of hydrogen-bond donors (Lipinski definition) is 1. The quantitative estimate of drug-likeness (QED) is 0.497. The van der Waals surface area contributed by atoms with Gasteiger partial charge in [0.25, 0.3) is 5.56 Å². The Balaban J connectivity index is 1.84. The maximum atomic E-state index is 12.8. The summed E-state index contributed by atoms with van der Waals surface area (Å²) in [5.41, 5.74) is 2.73. The highest BCUT2D eigenvalue weighted by atomic mass is 35.5. The number of nitrogens with zero attached hydrogens (tertiary/aromatic N) is 2. The van der Waals surface area contributed by atoms with Crippen LogP contribution in [-0.2, 0) is 19.5 Å². The lowest BCUT2D eigenvalue weighted by Gasteiger charge is -2.27. The average molecular weight is 459 g/mol. The molecule has 0 amide bonds. The van der Waals surface area contributed by atoms with Crippen molar-refractivity contribution in [1.29, 1.82) is 0 Å². The Morgan fingerprint density at radius 3 is 2.32 bits per heavy atom. The molecule has 5 nitrogen and oxygen atoms in total. The van der Waals surface area contributed by atoms with E-state index in [1.807, 2.05) is 25.2 Å². The monoisotopic (exact) mass is 458 g/mol. The van der Waals surface area contributed by atoms with E-state index in [4.69, 9.17) is 28.3 Å². The molecule has 3 rings (SSSR count). The lowest BCUT2D eigenvalue weighted by molar-refractivity contribution is 0.0697. The van der Waals surface area contributed by atoms with E-state index >= 15 is 0 Å². The SMILES string of the molecule is C[C@H](c1ccccc1)N(C)Cc1c(Cl)cc(Cl)c(=O)n1CCc1ccc(C(=O)O)cc1. The van der Waals surface area contributed by atoms with Crippen LogP contribution in [0.5, 0.6) is 0 Å². The molecular formula is C24H24Cl2N2O3. The molecule has 0 aliphatic rings. The topological polar surface area (TPSA) is 62.5 Å². The van der Waals surface area contributed by atoms with Gasteiger partial charge in [0.15, 0.2) is 0 Å². The van der Waals surface area contributed by atoms with Crippen LogP contribution in [0.3, 0.4) is 0 Å². The number of aromatic nitrogens is 1. The zero-order valence-corrected chi connectivity index (χ0v) is 18.9. The maximum Gasteiger partial charge on any atom is 0.335 e. The minimum atomic E-state index is -0.970. The van der Waals surface area contributed by atoms with Crippen molar-refractivity contribution in [2.75, 3.05) is 7.05 Å². The van der Waals surface area contributed by atoms with E-state index in [-0.39, 0.29) is 22.2 Å². The molecule has 1 heterocycles. The van der Waals surface area contributed by atoms with Gasteiger partial charge in [-0.3, -0.25) is 9.69 Å². The molecule has 3 aromatic rings. The third-order valence-electron chi connectivity index (χ3n) is 5.47. The first kappa shape index (κ1) is 23.1. The largest absolute Gasteiger partial charge is 0.478 e. The minimum absolute atomic E-state index is 0.0775. The minimum Gasteiger partial charge on any atom is -0.478 e. The molecule has 1 N–H and O–H groups in total. The molecule has 0 spiro atoms. The van der Waals surface area contributed by atoms with Gasteiger partial charge >= 0.3 is 5.97 Å². The fraction of sp³-hybridized carbons (Fsp3) is 0.250. The Morgan fingerprint density at radius 1 is 1.06 bits per heavy atom. The predicted octanol–water partition coefficient (Wildman–Crippen LogP) is 5.29. The summed E-state index contributed by atoms with van der Waals surface area (Å²) in [6.45, 7) is 2.96. The standard InChI is InChI=1S/C24H24Cl2N2O3/c1-16(18-6-4-3-5-7-18)27(2)15-22-20(25)14-21(26)23(29)28(22)13-12-17-8-10-19(11-9-17)24(30)31/h3-11,14,16H,12-13,15H2,1-2H3,(H,30,31)/t16-/m1/s1. The lowest BCUT2D eigenvalue weighted by atomic mass is 10.1. The van der Waals surface area contributed by atoms with Crippen molar-refractivity contribution in [3.63, 3.8) is 0 Å². The number of carbonyl (C=O) groups is 1. The summed E-state index contributed by atoms with van der Waals surface area (Å²) in [7, 11) is 1.99. The molecule has 1 aromatic heterocycles. The Kier molecular flexibility index (Phi) is 7.55. The van der Waals surface area contributed by atoms with Gasteiger partial charge in [-0.25, -0.2) is 4.79 Å². The smallest absolute Gasteiger partial charge is 0.335 e. The fourth-order valence-corrected chi connectivity index (χ4v) is 3.99. The van der Waals surface area contributed by atoms with Gasteiger partial charge in [-0.05, 0) is 49.7 Å². The van der Waals surface area contributed by atoms with Crippen LogP contribution in [0, 0.1) is 0 Å². The van der Waals surface area contributed by atoms with Crippen molar-refractivity contribution >= 4 is 29.2 Å². The second kappa shape index (κ2) is 10.1. The van der Waals surface area contributed by atoms with Gasteiger partial charge in [0.1, 0.15) is 5.02 Å². The van der Waals surface area contributed by atoms with E-state index in [1.165, 1.54) is 11.6 Å². The van der Waals surface area contributed by atoms with Gasteiger partial charge in [0.2, 0.25) is 0 Å². The molecule has 0 fully saturated rings. The third-order valence-corrected chi connectivity index (χ3v) is 6.07. The molecular weight excluding hydrogens is 435 g/mol. The summed E-state index contributed by atoms with van der Waals surface area (Å²) in [6.07, 6.45) is 0.543. The molecule has 0 aliphatic carbocycles. The van der Waals surface area contributed by atoms with Gasteiger partial charge in [-0.15, -0.1) is 0 Å². The van der Waals surface area contributed by atoms with Gasteiger partial charge < -0.3 is 9.67 Å². The summed E-state index contributed by atoms with van der Waals surface area (Å²) in [6, 6.07) is 18.4. The highest BCUT2D eigenvalue weighted by molar-refractivity contribution is 6.34. The number of hydrogen-bond acceptors (Lipinski definition) is 3. The zero-order chi connectivity index (χ0) is 22.5. The molecule has 0 aliphatic heterocycles. The number of pyridine rings is 1. The van der Waals surface area contributed by atoms with E-state index in [1.54, 1.807) is 28.8 Å². The molecule has 0 saturated heterocycles. The second-order valence-corrected chi connectivity index (χ2v) is 8.31. The van der Waals surface area contributed by atoms with Gasteiger partial charge in [-0.1, -0.05) is 65.7 Å². The Morgan fingerprint density at radius 2 is 1.71 bits per heavy atom. The molecule has 2 aromatic carbocycles. The van der Waals surface area contributed by atoms with E-state index in [2.05, 4.69) is 24.0 Å². The van der Waals surface area contributed by atoms with Crippen molar-refractivity contribution in [2.24, 2.45) is 0 Å². The number of halogens is 2. The van der Waals surface area contributed by atoms with E-state index in [0.717, 1.165) is 5.56 Å². The van der Waals surface area contributed by atoms with Crippen molar-refractivity contribution < 1.29 is 9.90 Å². The first-order valence-electron chi connectivity index (χ1n) is 9.93. The molecule has 0 bridgehead atoms. The highest BCUT2D eigenvalue weighted by Gasteiger charge is 2.18. The van der Waals surface area contributed by atoms with E-state index < -0.39 is 5.97 Å². The molecule has 0 saturated carbocycles. The molecule has 1 atom stereocenters. The number of aryl methyl sites for hydroxylation is 1. The Bertz CT molecular complexity index is 1110. The normalized spacial score (nSPS) is 12.2. The van der Waals surface area contributed by atoms with Crippen molar-refractivity contribution in [3.05, 3.63) is 103 Å². The molecule has 162 valence electrons. The third kappa shape index (κ3) is 5.56. The van der Waals surface area contributed by atoms with Crippen molar-refractivity contribution in [1.82, 2.24) is 9.47 Å². The van der Waals surface area contributed by atoms with Crippen LogP contribution in [0.2, 0.25) is 10.0 Å². The molecule has 7 heteroatoms. The fourth-order valence-electron chi connectivity index (χ4n) is 3.45. The number of rotatable bonds is 8. The van der Waals surface area contributed by atoms with Crippen LogP contribution in [0.25, 0.3) is 0 Å². The van der Waals surface area contributed by atoms with E-state index in [0.29, 0.717) is 30.2 Å². The Labute approximate surface area is 191 Å². The number of carboxylic acids is 1. The second-order valence-electron chi connectivity index (χ2n) is 7.50. The lowest BCUT2D eigenvalue weighted by Crippen LogP contribution is -2.30. The van der Waals surface area contributed by atoms with Crippen LogP contribution in [0.4, 0.5) is 0 Å². The number of benzene rings is 2. The number of aromatic carboxylic acids is 1. The first-order valence-corrected chi connectivity index (χ1v) is 10.7. The molecule has 0 radical (unpaired) electrons. The van der Waals surface area contributed by atoms with Crippen molar-refractivity contribution in [3.8, 4) is 0 Å². The van der Waals surface area contributed by atoms with Crippen LogP contribution in [-0.4, -0.2) is 27.6 Å². The number of carboxylic acid groups (broad SMARTS) is 1. The summed E-state index contributed by atoms with van der Waals surface area (Å²) >= 11 is 12.6. The zero-order valence-electron chi connectivity index (χ0n) is 17.4.